The molecule has 0 atom stereocenters. The van der Waals surface area contributed by atoms with Gasteiger partial charge in [0, 0.05) is 26.5 Å². The van der Waals surface area contributed by atoms with Gasteiger partial charge in [-0.1, -0.05) is 35.3 Å². The normalized spacial score (nSPS) is 10.9. The minimum absolute atomic E-state index is 0.00815. The van der Waals surface area contributed by atoms with Gasteiger partial charge in [-0.3, -0.25) is 4.79 Å². The van der Waals surface area contributed by atoms with Gasteiger partial charge in [0.2, 0.25) is 0 Å². The molecule has 0 saturated carbocycles. The molecule has 2 aromatic carbocycles. The molecule has 1 aromatic heterocycles. The minimum atomic E-state index is -0.00815. The van der Waals surface area contributed by atoms with E-state index in [4.69, 9.17) is 23.2 Å². The van der Waals surface area contributed by atoms with Crippen LogP contribution in [0.3, 0.4) is 0 Å². The first-order valence-corrected chi connectivity index (χ1v) is 6.90. The third kappa shape index (κ3) is 2.21. The molecular formula is C16H11Cl2NO. The van der Waals surface area contributed by atoms with Crippen LogP contribution in [0.2, 0.25) is 10.0 Å². The fraction of sp³-hybridized carbons (Fsp3) is 0.0625. The number of hydrogen-bond acceptors (Lipinski definition) is 1. The molecule has 0 unspecified atom stereocenters. The molecule has 1 N–H and O–H groups in total. The molecule has 3 aromatic rings. The van der Waals surface area contributed by atoms with Crippen LogP contribution in [0.1, 0.15) is 5.56 Å². The lowest BCUT2D eigenvalue weighted by Crippen LogP contribution is -2.09. The summed E-state index contributed by atoms with van der Waals surface area (Å²) in [5.41, 5.74) is 3.17. The van der Waals surface area contributed by atoms with E-state index in [1.807, 2.05) is 25.1 Å². The zero-order valence-electron chi connectivity index (χ0n) is 10.7. The van der Waals surface area contributed by atoms with Gasteiger partial charge in [-0.2, -0.15) is 0 Å². The van der Waals surface area contributed by atoms with E-state index in [1.54, 1.807) is 24.3 Å². The molecule has 0 aliphatic rings. The van der Waals surface area contributed by atoms with Crippen molar-refractivity contribution < 1.29 is 0 Å². The Hall–Kier alpha value is -1.77. The Morgan fingerprint density at radius 1 is 0.950 bits per heavy atom. The summed E-state index contributed by atoms with van der Waals surface area (Å²) >= 11 is 11.8. The topological polar surface area (TPSA) is 32.9 Å². The monoisotopic (exact) mass is 303 g/mol. The summed E-state index contributed by atoms with van der Waals surface area (Å²) in [6, 6.07) is 12.7. The number of fused-ring (bicyclic) bond motifs is 1. The Bertz CT molecular complexity index is 851. The summed E-state index contributed by atoms with van der Waals surface area (Å²) in [5, 5.41) is 1.83. The molecule has 2 nitrogen and oxygen atoms in total. The van der Waals surface area contributed by atoms with Gasteiger partial charge in [-0.05, 0) is 42.8 Å². The fourth-order valence-electron chi connectivity index (χ4n) is 2.26. The summed E-state index contributed by atoms with van der Waals surface area (Å²) in [6.45, 7) is 1.81. The second-order valence-electron chi connectivity index (χ2n) is 4.65. The predicted octanol–water partition coefficient (Wildman–Crippen LogP) is 4.81. The molecule has 0 aliphatic heterocycles. The van der Waals surface area contributed by atoms with E-state index in [9.17, 15) is 4.79 Å². The average molecular weight is 304 g/mol. The standard InChI is InChI=1S/C16H11Cl2NO/c1-9-15(10-2-4-11(17)5-3-10)19-14-7-6-12(18)8-13(14)16(9)20/h2-8H,1H3,(H,19,20). The molecule has 0 bridgehead atoms. The number of aromatic amines is 1. The van der Waals surface area contributed by atoms with Crippen LogP contribution in [0.5, 0.6) is 0 Å². The third-order valence-corrected chi connectivity index (χ3v) is 3.82. The maximum atomic E-state index is 12.4. The van der Waals surface area contributed by atoms with Gasteiger partial charge in [-0.15, -0.1) is 0 Å². The lowest BCUT2D eigenvalue weighted by atomic mass is 10.0. The molecule has 3 rings (SSSR count). The molecule has 100 valence electrons. The van der Waals surface area contributed by atoms with Crippen molar-refractivity contribution in [3.8, 4) is 11.3 Å². The summed E-state index contributed by atoms with van der Waals surface area (Å²) in [5.74, 6) is 0. The zero-order valence-corrected chi connectivity index (χ0v) is 12.2. The number of aromatic nitrogens is 1. The van der Waals surface area contributed by atoms with E-state index in [0.717, 1.165) is 16.8 Å². The van der Waals surface area contributed by atoms with Crippen LogP contribution >= 0.6 is 23.2 Å². The van der Waals surface area contributed by atoms with E-state index >= 15 is 0 Å². The van der Waals surface area contributed by atoms with Gasteiger partial charge in [0.25, 0.3) is 0 Å². The molecule has 0 fully saturated rings. The molecular weight excluding hydrogens is 293 g/mol. The number of hydrogen-bond donors (Lipinski definition) is 1. The Kier molecular flexibility index (Phi) is 3.28. The number of halogens is 2. The van der Waals surface area contributed by atoms with Crippen molar-refractivity contribution in [3.05, 3.63) is 68.3 Å². The number of pyridine rings is 1. The first-order valence-electron chi connectivity index (χ1n) is 6.14. The average Bonchev–Trinajstić information content (AvgIpc) is 2.44. The van der Waals surface area contributed by atoms with Crippen molar-refractivity contribution >= 4 is 34.1 Å². The molecule has 1 heterocycles. The van der Waals surface area contributed by atoms with Gasteiger partial charge in [-0.25, -0.2) is 0 Å². The first-order chi connectivity index (χ1) is 9.56. The Morgan fingerprint density at radius 3 is 2.30 bits per heavy atom. The summed E-state index contributed by atoms with van der Waals surface area (Å²) < 4.78 is 0. The fourth-order valence-corrected chi connectivity index (χ4v) is 2.56. The van der Waals surface area contributed by atoms with Crippen LogP contribution in [-0.2, 0) is 0 Å². The molecule has 0 amide bonds. The van der Waals surface area contributed by atoms with Crippen LogP contribution in [0.25, 0.3) is 22.2 Å². The van der Waals surface area contributed by atoms with Crippen molar-refractivity contribution in [2.75, 3.05) is 0 Å². The lowest BCUT2D eigenvalue weighted by Gasteiger charge is -2.09. The molecule has 20 heavy (non-hydrogen) atoms. The smallest absolute Gasteiger partial charge is 0.192 e. The Morgan fingerprint density at radius 2 is 1.60 bits per heavy atom. The Balaban J connectivity index is 2.32. The molecule has 0 spiro atoms. The number of benzene rings is 2. The third-order valence-electron chi connectivity index (χ3n) is 3.33. The molecule has 4 heteroatoms. The lowest BCUT2D eigenvalue weighted by molar-refractivity contribution is 1.30. The molecule has 0 radical (unpaired) electrons. The quantitative estimate of drug-likeness (QED) is 0.687. The van der Waals surface area contributed by atoms with Crippen molar-refractivity contribution in [2.45, 2.75) is 6.92 Å². The number of nitrogens with one attached hydrogen (secondary N) is 1. The summed E-state index contributed by atoms with van der Waals surface area (Å²) in [7, 11) is 0. The maximum Gasteiger partial charge on any atom is 0.192 e. The van der Waals surface area contributed by atoms with Crippen LogP contribution in [0.4, 0.5) is 0 Å². The van der Waals surface area contributed by atoms with E-state index in [0.29, 0.717) is 21.0 Å². The van der Waals surface area contributed by atoms with Crippen LogP contribution < -0.4 is 5.43 Å². The van der Waals surface area contributed by atoms with Crippen molar-refractivity contribution in [1.82, 2.24) is 4.98 Å². The van der Waals surface area contributed by atoms with Crippen molar-refractivity contribution in [2.24, 2.45) is 0 Å². The van der Waals surface area contributed by atoms with E-state index < -0.39 is 0 Å². The zero-order chi connectivity index (χ0) is 14.3. The highest BCUT2D eigenvalue weighted by atomic mass is 35.5. The largest absolute Gasteiger partial charge is 0.354 e. The van der Waals surface area contributed by atoms with Gasteiger partial charge in [0.1, 0.15) is 0 Å². The number of rotatable bonds is 1. The summed E-state index contributed by atoms with van der Waals surface area (Å²) in [4.78, 5) is 15.7. The molecule has 0 saturated heterocycles. The highest BCUT2D eigenvalue weighted by molar-refractivity contribution is 6.31. The highest BCUT2D eigenvalue weighted by Gasteiger charge is 2.10. The van der Waals surface area contributed by atoms with E-state index in [2.05, 4.69) is 4.98 Å². The van der Waals surface area contributed by atoms with Gasteiger partial charge in [0.05, 0.1) is 5.69 Å². The SMILES string of the molecule is Cc1c(-c2ccc(Cl)cc2)[nH]c2ccc(Cl)cc2c1=O. The Labute approximate surface area is 126 Å². The van der Waals surface area contributed by atoms with Gasteiger partial charge < -0.3 is 4.98 Å². The second kappa shape index (κ2) is 4.97. The predicted molar refractivity (Wildman–Crippen MR) is 84.8 cm³/mol. The maximum absolute atomic E-state index is 12.4. The first kappa shape index (κ1) is 13.2. The van der Waals surface area contributed by atoms with Crippen LogP contribution in [0, 0.1) is 6.92 Å². The van der Waals surface area contributed by atoms with E-state index in [1.165, 1.54) is 0 Å². The van der Waals surface area contributed by atoms with Gasteiger partial charge >= 0.3 is 0 Å². The minimum Gasteiger partial charge on any atom is -0.354 e. The molecule has 0 aliphatic carbocycles. The van der Waals surface area contributed by atoms with Gasteiger partial charge in [0.15, 0.2) is 5.43 Å². The second-order valence-corrected chi connectivity index (χ2v) is 5.52. The number of H-pyrrole nitrogens is 1. The highest BCUT2D eigenvalue weighted by Crippen LogP contribution is 2.24. The van der Waals surface area contributed by atoms with E-state index in [-0.39, 0.29) is 5.43 Å². The van der Waals surface area contributed by atoms with Crippen LogP contribution in [0.15, 0.2) is 47.3 Å². The van der Waals surface area contributed by atoms with Crippen LogP contribution in [-0.4, -0.2) is 4.98 Å². The van der Waals surface area contributed by atoms with Crippen molar-refractivity contribution in [1.29, 1.82) is 0 Å². The summed E-state index contributed by atoms with van der Waals surface area (Å²) in [6.07, 6.45) is 0. The van der Waals surface area contributed by atoms with Crippen molar-refractivity contribution in [3.63, 3.8) is 0 Å².